The Labute approximate surface area is 163 Å². The maximum absolute atomic E-state index is 13.5. The van der Waals surface area contributed by atoms with E-state index in [0.29, 0.717) is 13.2 Å². The quantitative estimate of drug-likeness (QED) is 0.215. The van der Waals surface area contributed by atoms with E-state index >= 15 is 0 Å². The van der Waals surface area contributed by atoms with Crippen molar-refractivity contribution in [2.45, 2.75) is 92.9 Å². The second-order valence-electron chi connectivity index (χ2n) is 7.53. The molecule has 0 N–H and O–H groups in total. The Morgan fingerprint density at radius 1 is 0.615 bits per heavy atom. The predicted molar refractivity (Wildman–Crippen MR) is 118 cm³/mol. The SMILES string of the molecule is CCCCP(CCCC)(CCCC)(CCCC)OP(=O)(OCC)OCC. The summed E-state index contributed by atoms with van der Waals surface area (Å²) in [5.74, 6) is 0. The molecule has 0 aromatic rings. The van der Waals surface area contributed by atoms with Gasteiger partial charge in [0.25, 0.3) is 0 Å². The first-order valence-electron chi connectivity index (χ1n) is 11.0. The van der Waals surface area contributed by atoms with Crippen LogP contribution in [0.1, 0.15) is 92.9 Å². The van der Waals surface area contributed by atoms with Gasteiger partial charge in [-0.2, -0.15) is 0 Å². The van der Waals surface area contributed by atoms with Crippen molar-refractivity contribution in [3.63, 3.8) is 0 Å². The van der Waals surface area contributed by atoms with Gasteiger partial charge in [0.05, 0.1) is 0 Å². The van der Waals surface area contributed by atoms with Gasteiger partial charge >= 0.3 is 163 Å². The molecule has 0 saturated carbocycles. The molecule has 4 nitrogen and oxygen atoms in total. The van der Waals surface area contributed by atoms with Crippen molar-refractivity contribution >= 4 is 14.7 Å². The number of hydrogen-bond acceptors (Lipinski definition) is 4. The molecule has 0 aromatic carbocycles. The molecule has 0 aliphatic heterocycles. The van der Waals surface area contributed by atoms with Crippen molar-refractivity contribution in [1.29, 1.82) is 0 Å². The topological polar surface area (TPSA) is 44.8 Å². The van der Waals surface area contributed by atoms with Crippen LogP contribution in [0, 0.1) is 0 Å². The first-order chi connectivity index (χ1) is 12.4. The molecule has 0 amide bonds. The molecule has 0 aliphatic rings. The summed E-state index contributed by atoms with van der Waals surface area (Å²) in [5, 5.41) is 0. The Balaban J connectivity index is 6.08. The average molecular weight is 413 g/mol. The Bertz CT molecular complexity index is 348. The van der Waals surface area contributed by atoms with Crippen molar-refractivity contribution in [3.8, 4) is 0 Å². The number of phosphoric acid groups is 1. The Kier molecular flexibility index (Phi) is 14.0. The van der Waals surface area contributed by atoms with Gasteiger partial charge in [0.1, 0.15) is 0 Å². The maximum atomic E-state index is 13.5. The van der Waals surface area contributed by atoms with E-state index in [2.05, 4.69) is 27.7 Å². The zero-order valence-corrected chi connectivity index (χ0v) is 20.2. The van der Waals surface area contributed by atoms with Crippen LogP contribution in [0.5, 0.6) is 0 Å². The molecule has 0 unspecified atom stereocenters. The zero-order valence-electron chi connectivity index (χ0n) is 18.4. The number of rotatable bonds is 18. The van der Waals surface area contributed by atoms with Gasteiger partial charge < -0.3 is 0 Å². The second kappa shape index (κ2) is 13.7. The minimum absolute atomic E-state index is 0.354. The number of unbranched alkanes of at least 4 members (excludes halogenated alkanes) is 4. The van der Waals surface area contributed by atoms with E-state index in [1.807, 2.05) is 13.8 Å². The van der Waals surface area contributed by atoms with Crippen LogP contribution in [0.2, 0.25) is 0 Å². The van der Waals surface area contributed by atoms with Crippen molar-refractivity contribution in [3.05, 3.63) is 0 Å². The summed E-state index contributed by atoms with van der Waals surface area (Å²) in [5.41, 5.74) is 0. The fraction of sp³-hybridized carbons (Fsp3) is 1.00. The molecule has 0 atom stereocenters. The summed E-state index contributed by atoms with van der Waals surface area (Å²) in [6.07, 6.45) is 13.3. The van der Waals surface area contributed by atoms with Crippen LogP contribution in [0.25, 0.3) is 0 Å². The van der Waals surface area contributed by atoms with E-state index in [9.17, 15) is 4.57 Å². The van der Waals surface area contributed by atoms with Crippen LogP contribution in [0.4, 0.5) is 0 Å². The fourth-order valence-electron chi connectivity index (χ4n) is 3.75. The minimum atomic E-state index is -3.51. The third-order valence-corrected chi connectivity index (χ3v) is 14.8. The molecule has 0 fully saturated rings. The first kappa shape index (κ1) is 26.5. The molecule has 0 saturated heterocycles. The van der Waals surface area contributed by atoms with Gasteiger partial charge in [0.15, 0.2) is 0 Å². The van der Waals surface area contributed by atoms with Crippen molar-refractivity contribution in [2.24, 2.45) is 0 Å². The van der Waals surface area contributed by atoms with Gasteiger partial charge in [0, 0.05) is 0 Å². The van der Waals surface area contributed by atoms with E-state index in [1.54, 1.807) is 0 Å². The molecule has 0 aliphatic carbocycles. The summed E-state index contributed by atoms with van der Waals surface area (Å²) < 4.78 is 31.4. The van der Waals surface area contributed by atoms with E-state index in [1.165, 1.54) is 0 Å². The third kappa shape index (κ3) is 8.70. The van der Waals surface area contributed by atoms with Crippen LogP contribution < -0.4 is 0 Å². The molecule has 0 aromatic heterocycles. The van der Waals surface area contributed by atoms with Gasteiger partial charge in [-0.1, -0.05) is 0 Å². The molecule has 160 valence electrons. The van der Waals surface area contributed by atoms with E-state index < -0.39 is 14.7 Å². The molecule has 0 radical (unpaired) electrons. The second-order valence-corrected chi connectivity index (χ2v) is 15.1. The summed E-state index contributed by atoms with van der Waals surface area (Å²) in [6.45, 7) is 10.7. The van der Waals surface area contributed by atoms with E-state index in [-0.39, 0.29) is 0 Å². The van der Waals surface area contributed by atoms with Crippen molar-refractivity contribution < 1.29 is 17.9 Å². The predicted octanol–water partition coefficient (Wildman–Crippen LogP) is 7.85. The number of hydrogen-bond donors (Lipinski definition) is 0. The molecule has 0 rings (SSSR count). The van der Waals surface area contributed by atoms with Gasteiger partial charge in [0.2, 0.25) is 0 Å². The molecular formula is C20H46O4P2. The molecule has 0 spiro atoms. The molecule has 6 heteroatoms. The Morgan fingerprint density at radius 2 is 0.923 bits per heavy atom. The summed E-state index contributed by atoms with van der Waals surface area (Å²) >= 11 is 0. The average Bonchev–Trinajstić information content (AvgIpc) is 2.62. The fourth-order valence-corrected chi connectivity index (χ4v) is 14.2. The van der Waals surface area contributed by atoms with Crippen molar-refractivity contribution in [1.82, 2.24) is 0 Å². The van der Waals surface area contributed by atoms with Crippen molar-refractivity contribution in [2.75, 3.05) is 37.9 Å². The Hall–Kier alpha value is 0.540. The van der Waals surface area contributed by atoms with Gasteiger partial charge in [-0.05, 0) is 0 Å². The molecular weight excluding hydrogens is 366 g/mol. The van der Waals surface area contributed by atoms with Crippen LogP contribution in [-0.4, -0.2) is 37.9 Å². The molecule has 0 bridgehead atoms. The zero-order chi connectivity index (χ0) is 20.0. The van der Waals surface area contributed by atoms with Crippen LogP contribution in [-0.2, 0) is 17.9 Å². The third-order valence-electron chi connectivity index (χ3n) is 5.21. The van der Waals surface area contributed by atoms with Gasteiger partial charge in [-0.3, -0.25) is 0 Å². The summed E-state index contributed by atoms with van der Waals surface area (Å²) in [6, 6.07) is 0. The number of phosphoric ester groups is 1. The summed E-state index contributed by atoms with van der Waals surface area (Å²) in [4.78, 5) is 0. The van der Waals surface area contributed by atoms with E-state index in [0.717, 1.165) is 76.0 Å². The van der Waals surface area contributed by atoms with E-state index in [4.69, 9.17) is 13.4 Å². The van der Waals surface area contributed by atoms with Crippen LogP contribution in [0.15, 0.2) is 0 Å². The summed E-state index contributed by atoms with van der Waals surface area (Å²) in [7, 11) is -3.51. The monoisotopic (exact) mass is 412 g/mol. The van der Waals surface area contributed by atoms with Crippen LogP contribution >= 0.6 is 14.7 Å². The molecule has 26 heavy (non-hydrogen) atoms. The molecule has 0 heterocycles. The normalized spacial score (nSPS) is 14.3. The standard InChI is InChI=1S/C20H46O4P2/c1-7-13-17-26(18-14-8-2,19-15-9-3,20-16-10-4)24-25(21,22-11-5)23-12-6/h7-20H2,1-6H3. The van der Waals surface area contributed by atoms with Crippen LogP contribution in [0.3, 0.4) is 0 Å². The van der Waals surface area contributed by atoms with Gasteiger partial charge in [-0.25, -0.2) is 0 Å². The first-order valence-corrected chi connectivity index (χ1v) is 15.4. The van der Waals surface area contributed by atoms with Gasteiger partial charge in [-0.15, -0.1) is 0 Å². The Morgan fingerprint density at radius 3 is 1.15 bits per heavy atom.